The van der Waals surface area contributed by atoms with Crippen LogP contribution in [0.4, 0.5) is 0 Å². The third-order valence-corrected chi connectivity index (χ3v) is 5.93. The second-order valence-corrected chi connectivity index (χ2v) is 9.67. The van der Waals surface area contributed by atoms with Crippen LogP contribution in [0.5, 0.6) is 0 Å². The van der Waals surface area contributed by atoms with E-state index in [2.05, 4.69) is 25.1 Å². The van der Waals surface area contributed by atoms with Gasteiger partial charge in [0.2, 0.25) is 0 Å². The summed E-state index contributed by atoms with van der Waals surface area (Å²) in [5.41, 5.74) is 4.75. The number of allylic oxidation sites excluding steroid dienone is 1. The first kappa shape index (κ1) is 21.9. The van der Waals surface area contributed by atoms with E-state index in [1.165, 1.54) is 0 Å². The van der Waals surface area contributed by atoms with Gasteiger partial charge in [0.05, 0.1) is 16.8 Å². The van der Waals surface area contributed by atoms with Crippen LogP contribution in [0.3, 0.4) is 0 Å². The summed E-state index contributed by atoms with van der Waals surface area (Å²) in [4.78, 5) is 30.6. The Labute approximate surface area is 189 Å². The van der Waals surface area contributed by atoms with Gasteiger partial charge >= 0.3 is 5.97 Å². The van der Waals surface area contributed by atoms with Crippen LogP contribution >= 0.6 is 0 Å². The quantitative estimate of drug-likeness (QED) is 0.470. The van der Waals surface area contributed by atoms with Gasteiger partial charge in [-0.3, -0.25) is 4.79 Å². The lowest BCUT2D eigenvalue weighted by molar-refractivity contribution is -0.129. The number of carbonyl (C=O) groups is 2. The zero-order valence-corrected chi connectivity index (χ0v) is 19.1. The summed E-state index contributed by atoms with van der Waals surface area (Å²) in [6.07, 6.45) is 3.80. The van der Waals surface area contributed by atoms with E-state index in [9.17, 15) is 9.59 Å². The predicted octanol–water partition coefficient (Wildman–Crippen LogP) is 6.13. The zero-order chi connectivity index (χ0) is 22.9. The van der Waals surface area contributed by atoms with Gasteiger partial charge in [0.1, 0.15) is 0 Å². The monoisotopic (exact) mass is 427 g/mol. The van der Waals surface area contributed by atoms with Gasteiger partial charge in [-0.05, 0) is 47.6 Å². The first-order valence-corrected chi connectivity index (χ1v) is 11.1. The van der Waals surface area contributed by atoms with Crippen LogP contribution < -0.4 is 0 Å². The van der Waals surface area contributed by atoms with Gasteiger partial charge in [-0.2, -0.15) is 0 Å². The Hall–Kier alpha value is -3.27. The number of nitrogens with zero attached hydrogens (tertiary/aromatic N) is 1. The summed E-state index contributed by atoms with van der Waals surface area (Å²) in [6.45, 7) is 7.45. The van der Waals surface area contributed by atoms with Crippen molar-refractivity contribution in [3.05, 3.63) is 77.0 Å². The van der Waals surface area contributed by atoms with Crippen LogP contribution in [0, 0.1) is 11.3 Å². The standard InChI is InChI=1S/C28H29NO3/c1-18-14-20(16-19-10-6-5-7-11-19)26-22(15-18)25(21-12-8-9-13-23(21)29-26)27(31)32-17-24(30)28(2,3)4/h5-13,16,18H,14-15,17H2,1-4H3. The minimum absolute atomic E-state index is 0.101. The van der Waals surface area contributed by atoms with E-state index >= 15 is 0 Å². The van der Waals surface area contributed by atoms with E-state index in [-0.39, 0.29) is 12.4 Å². The molecule has 0 radical (unpaired) electrons. The third-order valence-electron chi connectivity index (χ3n) is 5.93. The van der Waals surface area contributed by atoms with Crippen LogP contribution in [-0.2, 0) is 16.0 Å². The fourth-order valence-electron chi connectivity index (χ4n) is 4.14. The zero-order valence-electron chi connectivity index (χ0n) is 19.1. The van der Waals surface area contributed by atoms with Crippen molar-refractivity contribution in [2.45, 2.75) is 40.5 Å². The van der Waals surface area contributed by atoms with Crippen molar-refractivity contribution in [3.8, 4) is 0 Å². The number of ether oxygens (including phenoxy) is 1. The van der Waals surface area contributed by atoms with Crippen LogP contribution in [0.15, 0.2) is 54.6 Å². The Balaban J connectivity index is 1.83. The van der Waals surface area contributed by atoms with E-state index in [0.717, 1.165) is 46.1 Å². The van der Waals surface area contributed by atoms with Crippen LogP contribution in [-0.4, -0.2) is 23.3 Å². The molecule has 3 aromatic rings. The molecular formula is C28H29NO3. The third kappa shape index (κ3) is 4.50. The van der Waals surface area contributed by atoms with Gasteiger partial charge in [-0.25, -0.2) is 9.78 Å². The first-order valence-electron chi connectivity index (χ1n) is 11.1. The first-order chi connectivity index (χ1) is 15.2. The fourth-order valence-corrected chi connectivity index (χ4v) is 4.14. The molecule has 4 nitrogen and oxygen atoms in total. The molecule has 1 aromatic heterocycles. The highest BCUT2D eigenvalue weighted by Crippen LogP contribution is 2.38. The molecule has 0 aliphatic heterocycles. The minimum Gasteiger partial charge on any atom is -0.454 e. The topological polar surface area (TPSA) is 56.3 Å². The summed E-state index contributed by atoms with van der Waals surface area (Å²) in [7, 11) is 0. The van der Waals surface area contributed by atoms with Crippen molar-refractivity contribution < 1.29 is 14.3 Å². The van der Waals surface area contributed by atoms with E-state index in [0.29, 0.717) is 11.5 Å². The van der Waals surface area contributed by atoms with Gasteiger partial charge in [0.15, 0.2) is 12.4 Å². The van der Waals surface area contributed by atoms with Crippen LogP contribution in [0.2, 0.25) is 0 Å². The molecule has 0 saturated carbocycles. The molecule has 164 valence electrons. The van der Waals surface area contributed by atoms with E-state index in [4.69, 9.17) is 9.72 Å². The highest BCUT2D eigenvalue weighted by molar-refractivity contribution is 6.07. The van der Waals surface area contributed by atoms with Gasteiger partial charge in [0.25, 0.3) is 0 Å². The second kappa shape index (κ2) is 8.70. The molecule has 1 aliphatic carbocycles. The SMILES string of the molecule is CC1CC(=Cc2ccccc2)c2nc3ccccc3c(C(=O)OCC(=O)C(C)(C)C)c2C1. The lowest BCUT2D eigenvalue weighted by Crippen LogP contribution is -2.27. The summed E-state index contributed by atoms with van der Waals surface area (Å²) in [5.74, 6) is -0.190. The van der Waals surface area contributed by atoms with Crippen molar-refractivity contribution >= 4 is 34.3 Å². The van der Waals surface area contributed by atoms with Gasteiger partial charge in [-0.15, -0.1) is 0 Å². The summed E-state index contributed by atoms with van der Waals surface area (Å²) in [6, 6.07) is 17.8. The Kier molecular flexibility index (Phi) is 5.96. The highest BCUT2D eigenvalue weighted by Gasteiger charge is 2.30. The molecule has 0 N–H and O–H groups in total. The number of aromatic nitrogens is 1. The minimum atomic E-state index is -0.555. The average Bonchev–Trinajstić information content (AvgIpc) is 2.76. The molecule has 0 spiro atoms. The molecule has 1 aliphatic rings. The number of hydrogen-bond acceptors (Lipinski definition) is 4. The number of benzene rings is 2. The molecule has 4 rings (SSSR count). The van der Waals surface area contributed by atoms with Gasteiger partial charge in [-0.1, -0.05) is 76.2 Å². The van der Waals surface area contributed by atoms with Gasteiger partial charge in [0, 0.05) is 10.8 Å². The number of rotatable bonds is 4. The summed E-state index contributed by atoms with van der Waals surface area (Å²) < 4.78 is 5.54. The number of ketones is 1. The number of hydrogen-bond donors (Lipinski definition) is 0. The molecule has 0 saturated heterocycles. The van der Waals surface area contributed by atoms with Crippen molar-refractivity contribution in [1.82, 2.24) is 4.98 Å². The summed E-state index contributed by atoms with van der Waals surface area (Å²) in [5, 5.41) is 0.771. The molecule has 32 heavy (non-hydrogen) atoms. The lowest BCUT2D eigenvalue weighted by atomic mass is 9.80. The van der Waals surface area contributed by atoms with Gasteiger partial charge < -0.3 is 4.74 Å². The van der Waals surface area contributed by atoms with Crippen LogP contribution in [0.25, 0.3) is 22.6 Å². The number of carbonyl (C=O) groups excluding carboxylic acids is 2. The molecule has 2 aromatic carbocycles. The number of esters is 1. The normalized spacial score (nSPS) is 17.2. The lowest BCUT2D eigenvalue weighted by Gasteiger charge is -2.26. The van der Waals surface area contributed by atoms with Crippen molar-refractivity contribution in [2.75, 3.05) is 6.61 Å². The van der Waals surface area contributed by atoms with E-state index in [1.54, 1.807) is 0 Å². The average molecular weight is 428 g/mol. The number of para-hydroxylation sites is 1. The summed E-state index contributed by atoms with van der Waals surface area (Å²) >= 11 is 0. The van der Waals surface area contributed by atoms with Crippen molar-refractivity contribution in [1.29, 1.82) is 0 Å². The van der Waals surface area contributed by atoms with Crippen molar-refractivity contribution in [2.24, 2.45) is 11.3 Å². The number of fused-ring (bicyclic) bond motifs is 2. The molecule has 1 unspecified atom stereocenters. The Morgan fingerprint density at radius 2 is 1.72 bits per heavy atom. The van der Waals surface area contributed by atoms with E-state index in [1.807, 2.05) is 63.2 Å². The fraction of sp³-hybridized carbons (Fsp3) is 0.321. The number of pyridine rings is 1. The Morgan fingerprint density at radius 1 is 1.03 bits per heavy atom. The maximum Gasteiger partial charge on any atom is 0.339 e. The molecule has 4 heteroatoms. The molecule has 0 bridgehead atoms. The number of Topliss-reactive ketones (excluding diaryl/α,β-unsaturated/α-hetero) is 1. The predicted molar refractivity (Wildman–Crippen MR) is 128 cm³/mol. The Bertz CT molecular complexity index is 1200. The van der Waals surface area contributed by atoms with Crippen molar-refractivity contribution in [3.63, 3.8) is 0 Å². The highest BCUT2D eigenvalue weighted by atomic mass is 16.5. The second-order valence-electron chi connectivity index (χ2n) is 9.67. The Morgan fingerprint density at radius 3 is 2.44 bits per heavy atom. The molecule has 1 atom stereocenters. The van der Waals surface area contributed by atoms with E-state index < -0.39 is 11.4 Å². The maximum atomic E-state index is 13.3. The smallest absolute Gasteiger partial charge is 0.339 e. The maximum absolute atomic E-state index is 13.3. The molecule has 1 heterocycles. The molecule has 0 amide bonds. The molecule has 0 fully saturated rings. The largest absolute Gasteiger partial charge is 0.454 e. The van der Waals surface area contributed by atoms with Crippen LogP contribution in [0.1, 0.15) is 61.3 Å². The molecular weight excluding hydrogens is 398 g/mol.